The lowest BCUT2D eigenvalue weighted by Gasteiger charge is -2.17. The molecule has 136 valence electrons. The highest BCUT2D eigenvalue weighted by atomic mass is 16.5. The van der Waals surface area contributed by atoms with Gasteiger partial charge in [0.05, 0.1) is 24.3 Å². The van der Waals surface area contributed by atoms with Crippen molar-refractivity contribution >= 4 is 5.91 Å². The molecule has 0 aliphatic heterocycles. The van der Waals surface area contributed by atoms with Crippen molar-refractivity contribution < 1.29 is 14.3 Å². The Hall–Kier alpha value is -3.00. The number of amides is 1. The van der Waals surface area contributed by atoms with Crippen LogP contribution in [-0.4, -0.2) is 19.1 Å². The molecule has 0 spiro atoms. The van der Waals surface area contributed by atoms with E-state index in [9.17, 15) is 4.79 Å². The van der Waals surface area contributed by atoms with E-state index < -0.39 is 0 Å². The summed E-state index contributed by atoms with van der Waals surface area (Å²) in [6, 6.07) is 13.0. The number of nitriles is 1. The Balaban J connectivity index is 1.98. The van der Waals surface area contributed by atoms with Crippen LogP contribution < -0.4 is 14.8 Å². The number of nitrogens with one attached hydrogen (secondary N) is 1. The quantitative estimate of drug-likeness (QED) is 0.822. The summed E-state index contributed by atoms with van der Waals surface area (Å²) in [7, 11) is 0. The highest BCUT2D eigenvalue weighted by Crippen LogP contribution is 2.28. The van der Waals surface area contributed by atoms with Gasteiger partial charge in [0.1, 0.15) is 0 Å². The molecule has 0 saturated carbocycles. The van der Waals surface area contributed by atoms with E-state index in [1.807, 2.05) is 19.9 Å². The number of aryl methyl sites for hydroxylation is 2. The van der Waals surface area contributed by atoms with Gasteiger partial charge in [-0.2, -0.15) is 5.26 Å². The predicted octanol–water partition coefficient (Wildman–Crippen LogP) is 3.83. The van der Waals surface area contributed by atoms with Crippen molar-refractivity contribution in [2.45, 2.75) is 33.7 Å². The second-order valence-electron chi connectivity index (χ2n) is 6.13. The largest absolute Gasteiger partial charge is 0.490 e. The van der Waals surface area contributed by atoms with Crippen molar-refractivity contribution in [3.63, 3.8) is 0 Å². The van der Waals surface area contributed by atoms with E-state index in [1.54, 1.807) is 18.2 Å². The molecule has 5 heteroatoms. The number of hydrogen-bond donors (Lipinski definition) is 1. The first-order chi connectivity index (χ1) is 12.4. The molecular formula is C21H24N2O3. The Morgan fingerprint density at radius 2 is 1.88 bits per heavy atom. The van der Waals surface area contributed by atoms with E-state index in [0.29, 0.717) is 23.7 Å². The summed E-state index contributed by atoms with van der Waals surface area (Å²) in [4.78, 5) is 12.2. The number of nitrogens with zero attached hydrogens (tertiary/aromatic N) is 1. The minimum atomic E-state index is -0.220. The van der Waals surface area contributed by atoms with Crippen molar-refractivity contribution in [2.24, 2.45) is 0 Å². The fourth-order valence-electron chi connectivity index (χ4n) is 2.51. The molecule has 2 rings (SSSR count). The Labute approximate surface area is 154 Å². The summed E-state index contributed by atoms with van der Waals surface area (Å²) >= 11 is 0. The van der Waals surface area contributed by atoms with Crippen molar-refractivity contribution in [3.8, 4) is 17.6 Å². The van der Waals surface area contributed by atoms with Crippen LogP contribution in [0.3, 0.4) is 0 Å². The van der Waals surface area contributed by atoms with Crippen LogP contribution in [0.2, 0.25) is 0 Å². The first kappa shape index (κ1) is 19.3. The first-order valence-electron chi connectivity index (χ1n) is 8.60. The van der Waals surface area contributed by atoms with E-state index in [-0.39, 0.29) is 18.6 Å². The SMILES string of the molecule is CCOc1cc(C#N)ccc1OCC(=O)NC(C)c1ccc(C)c(C)c1. The predicted molar refractivity (Wildman–Crippen MR) is 100 cm³/mol. The van der Waals surface area contributed by atoms with Crippen LogP contribution in [0.25, 0.3) is 0 Å². The van der Waals surface area contributed by atoms with Crippen LogP contribution in [0.5, 0.6) is 11.5 Å². The molecule has 5 nitrogen and oxygen atoms in total. The van der Waals surface area contributed by atoms with Gasteiger partial charge in [-0.25, -0.2) is 0 Å². The van der Waals surface area contributed by atoms with Gasteiger partial charge in [0.15, 0.2) is 18.1 Å². The Morgan fingerprint density at radius 1 is 1.12 bits per heavy atom. The molecule has 1 unspecified atom stereocenters. The zero-order valence-corrected chi connectivity index (χ0v) is 15.6. The molecule has 0 aliphatic rings. The third-order valence-electron chi connectivity index (χ3n) is 4.14. The third kappa shape index (κ3) is 5.00. The van der Waals surface area contributed by atoms with Gasteiger partial charge in [-0.15, -0.1) is 0 Å². The second-order valence-corrected chi connectivity index (χ2v) is 6.13. The molecule has 2 aromatic carbocycles. The van der Waals surface area contributed by atoms with Crippen molar-refractivity contribution in [3.05, 3.63) is 58.7 Å². The maximum atomic E-state index is 12.2. The lowest BCUT2D eigenvalue weighted by Crippen LogP contribution is -2.31. The van der Waals surface area contributed by atoms with Gasteiger partial charge in [0.25, 0.3) is 5.91 Å². The van der Waals surface area contributed by atoms with E-state index in [1.165, 1.54) is 11.1 Å². The van der Waals surface area contributed by atoms with Gasteiger partial charge in [0.2, 0.25) is 0 Å². The number of hydrogen-bond acceptors (Lipinski definition) is 4. The number of carbonyl (C=O) groups excluding carboxylic acids is 1. The molecule has 1 amide bonds. The standard InChI is InChI=1S/C21H24N2O3/c1-5-25-20-11-17(12-22)7-9-19(20)26-13-21(24)23-16(4)18-8-6-14(2)15(3)10-18/h6-11,16H,5,13H2,1-4H3,(H,23,24). The maximum absolute atomic E-state index is 12.2. The van der Waals surface area contributed by atoms with Crippen LogP contribution in [0.4, 0.5) is 0 Å². The molecule has 0 bridgehead atoms. The van der Waals surface area contributed by atoms with E-state index in [4.69, 9.17) is 14.7 Å². The molecule has 0 saturated heterocycles. The summed E-state index contributed by atoms with van der Waals surface area (Å²) in [5.74, 6) is 0.684. The number of rotatable bonds is 7. The zero-order chi connectivity index (χ0) is 19.1. The average molecular weight is 352 g/mol. The topological polar surface area (TPSA) is 71.3 Å². The summed E-state index contributed by atoms with van der Waals surface area (Å²) in [5, 5.41) is 11.9. The third-order valence-corrected chi connectivity index (χ3v) is 4.14. The molecular weight excluding hydrogens is 328 g/mol. The van der Waals surface area contributed by atoms with Gasteiger partial charge in [-0.3, -0.25) is 4.79 Å². The molecule has 26 heavy (non-hydrogen) atoms. The minimum absolute atomic E-state index is 0.113. The Bertz CT molecular complexity index is 824. The maximum Gasteiger partial charge on any atom is 0.258 e. The molecule has 1 atom stereocenters. The monoisotopic (exact) mass is 352 g/mol. The van der Waals surface area contributed by atoms with Crippen molar-refractivity contribution in [1.82, 2.24) is 5.32 Å². The molecule has 2 aromatic rings. The van der Waals surface area contributed by atoms with Gasteiger partial charge in [-0.05, 0) is 56.5 Å². The lowest BCUT2D eigenvalue weighted by atomic mass is 10.0. The fourth-order valence-corrected chi connectivity index (χ4v) is 2.51. The Kier molecular flexibility index (Phi) is 6.62. The van der Waals surface area contributed by atoms with Crippen LogP contribution in [-0.2, 0) is 4.79 Å². The van der Waals surface area contributed by atoms with Crippen LogP contribution >= 0.6 is 0 Å². The van der Waals surface area contributed by atoms with Crippen molar-refractivity contribution in [1.29, 1.82) is 5.26 Å². The van der Waals surface area contributed by atoms with E-state index >= 15 is 0 Å². The molecule has 0 radical (unpaired) electrons. The van der Waals surface area contributed by atoms with Crippen molar-refractivity contribution in [2.75, 3.05) is 13.2 Å². The fraction of sp³-hybridized carbons (Fsp3) is 0.333. The van der Waals surface area contributed by atoms with Gasteiger partial charge in [-0.1, -0.05) is 18.2 Å². The number of benzene rings is 2. The highest BCUT2D eigenvalue weighted by Gasteiger charge is 2.13. The first-order valence-corrected chi connectivity index (χ1v) is 8.60. The Morgan fingerprint density at radius 3 is 2.54 bits per heavy atom. The van der Waals surface area contributed by atoms with Crippen LogP contribution in [0.15, 0.2) is 36.4 Å². The van der Waals surface area contributed by atoms with Gasteiger partial charge < -0.3 is 14.8 Å². The summed E-state index contributed by atoms with van der Waals surface area (Å²) in [5.41, 5.74) is 3.95. The average Bonchev–Trinajstić information content (AvgIpc) is 2.63. The number of ether oxygens (including phenoxy) is 2. The van der Waals surface area contributed by atoms with Gasteiger partial charge in [0, 0.05) is 6.07 Å². The molecule has 1 N–H and O–H groups in total. The molecule has 0 fully saturated rings. The smallest absolute Gasteiger partial charge is 0.258 e. The summed E-state index contributed by atoms with van der Waals surface area (Å²) in [6.07, 6.45) is 0. The van der Waals surface area contributed by atoms with Crippen LogP contribution in [0, 0.1) is 25.2 Å². The molecule has 0 aliphatic carbocycles. The minimum Gasteiger partial charge on any atom is -0.490 e. The molecule has 0 heterocycles. The van der Waals surface area contributed by atoms with Gasteiger partial charge >= 0.3 is 0 Å². The molecule has 0 aromatic heterocycles. The normalized spacial score (nSPS) is 11.3. The van der Waals surface area contributed by atoms with E-state index in [0.717, 1.165) is 5.56 Å². The lowest BCUT2D eigenvalue weighted by molar-refractivity contribution is -0.123. The number of carbonyl (C=O) groups is 1. The summed E-state index contributed by atoms with van der Waals surface area (Å²) < 4.78 is 11.1. The van der Waals surface area contributed by atoms with Crippen LogP contribution in [0.1, 0.15) is 42.1 Å². The second kappa shape index (κ2) is 8.91. The zero-order valence-electron chi connectivity index (χ0n) is 15.6. The summed E-state index contributed by atoms with van der Waals surface area (Å²) in [6.45, 7) is 8.22. The van der Waals surface area contributed by atoms with E-state index in [2.05, 4.69) is 37.4 Å². The highest BCUT2D eigenvalue weighted by molar-refractivity contribution is 5.78.